The van der Waals surface area contributed by atoms with Crippen LogP contribution in [0.3, 0.4) is 0 Å². The highest BCUT2D eigenvalue weighted by molar-refractivity contribution is 8.00. The standard InChI is InChI=1S/C15H24N2O2S2/c1-4-16-11-13-7-5-6-8-14(13)21(18,19)17-9-10-20-15(2,3)12-17/h5-8,16H,4,9-12H2,1-3H3. The molecule has 2 rings (SSSR count). The minimum atomic E-state index is -3.41. The van der Waals surface area contributed by atoms with Gasteiger partial charge in [0.2, 0.25) is 10.0 Å². The summed E-state index contributed by atoms with van der Waals surface area (Å²) in [5.74, 6) is 0.849. The van der Waals surface area contributed by atoms with Crippen LogP contribution >= 0.6 is 11.8 Å². The molecule has 1 aromatic rings. The van der Waals surface area contributed by atoms with Crippen molar-refractivity contribution < 1.29 is 8.42 Å². The first-order chi connectivity index (χ1) is 9.87. The van der Waals surface area contributed by atoms with E-state index < -0.39 is 10.0 Å². The van der Waals surface area contributed by atoms with Crippen LogP contribution in [0, 0.1) is 0 Å². The van der Waals surface area contributed by atoms with E-state index in [0.717, 1.165) is 17.9 Å². The van der Waals surface area contributed by atoms with Gasteiger partial charge < -0.3 is 5.32 Å². The largest absolute Gasteiger partial charge is 0.313 e. The van der Waals surface area contributed by atoms with E-state index in [-0.39, 0.29) is 4.75 Å². The molecule has 1 aromatic carbocycles. The molecule has 0 amide bonds. The molecular weight excluding hydrogens is 304 g/mol. The van der Waals surface area contributed by atoms with Gasteiger partial charge in [-0.15, -0.1) is 0 Å². The van der Waals surface area contributed by atoms with Gasteiger partial charge in [-0.3, -0.25) is 0 Å². The summed E-state index contributed by atoms with van der Waals surface area (Å²) in [6.45, 7) is 8.77. The molecule has 0 aromatic heterocycles. The summed E-state index contributed by atoms with van der Waals surface area (Å²) in [4.78, 5) is 0.439. The average molecular weight is 329 g/mol. The Bertz CT molecular complexity index is 585. The number of thioether (sulfide) groups is 1. The van der Waals surface area contributed by atoms with Gasteiger partial charge in [-0.2, -0.15) is 16.1 Å². The molecule has 1 aliphatic heterocycles. The number of nitrogens with one attached hydrogen (secondary N) is 1. The minimum Gasteiger partial charge on any atom is -0.313 e. The Morgan fingerprint density at radius 2 is 2.05 bits per heavy atom. The summed E-state index contributed by atoms with van der Waals surface area (Å²) in [5.41, 5.74) is 0.843. The van der Waals surface area contributed by atoms with Gasteiger partial charge in [0.1, 0.15) is 0 Å². The predicted octanol–water partition coefficient (Wildman–Crippen LogP) is 2.31. The van der Waals surface area contributed by atoms with E-state index >= 15 is 0 Å². The third-order valence-corrected chi connectivity index (χ3v) is 6.79. The first kappa shape index (κ1) is 16.8. The molecule has 0 saturated carbocycles. The number of rotatable bonds is 5. The maximum atomic E-state index is 12.9. The Morgan fingerprint density at radius 3 is 2.71 bits per heavy atom. The van der Waals surface area contributed by atoms with E-state index in [1.807, 2.05) is 30.8 Å². The molecule has 6 heteroatoms. The molecule has 1 N–H and O–H groups in total. The number of benzene rings is 1. The van der Waals surface area contributed by atoms with Gasteiger partial charge in [0.05, 0.1) is 4.90 Å². The van der Waals surface area contributed by atoms with E-state index in [1.54, 1.807) is 16.4 Å². The lowest BCUT2D eigenvalue weighted by Crippen LogP contribution is -2.46. The van der Waals surface area contributed by atoms with Crippen molar-refractivity contribution in [2.45, 2.75) is 37.0 Å². The molecule has 0 spiro atoms. The van der Waals surface area contributed by atoms with E-state index in [2.05, 4.69) is 19.2 Å². The van der Waals surface area contributed by atoms with Gasteiger partial charge in [0.15, 0.2) is 0 Å². The molecule has 0 unspecified atom stereocenters. The normalized spacial score (nSPS) is 19.6. The molecule has 1 aliphatic rings. The first-order valence-corrected chi connectivity index (χ1v) is 9.72. The smallest absolute Gasteiger partial charge is 0.243 e. The number of nitrogens with zero attached hydrogens (tertiary/aromatic N) is 1. The van der Waals surface area contributed by atoms with E-state index in [0.29, 0.717) is 24.5 Å². The highest BCUT2D eigenvalue weighted by Gasteiger charge is 2.35. The Labute approximate surface area is 132 Å². The number of hydrogen-bond acceptors (Lipinski definition) is 4. The zero-order chi connectivity index (χ0) is 15.5. The molecule has 0 radical (unpaired) electrons. The summed E-state index contributed by atoms with van der Waals surface area (Å²) in [6.07, 6.45) is 0. The monoisotopic (exact) mass is 328 g/mol. The van der Waals surface area contributed by atoms with Gasteiger partial charge in [0, 0.05) is 30.1 Å². The highest BCUT2D eigenvalue weighted by Crippen LogP contribution is 2.33. The van der Waals surface area contributed by atoms with Crippen molar-refractivity contribution in [3.63, 3.8) is 0 Å². The van der Waals surface area contributed by atoms with Gasteiger partial charge in [0.25, 0.3) is 0 Å². The fourth-order valence-electron chi connectivity index (χ4n) is 2.48. The van der Waals surface area contributed by atoms with Crippen molar-refractivity contribution in [1.82, 2.24) is 9.62 Å². The molecule has 0 aliphatic carbocycles. The summed E-state index contributed by atoms with van der Waals surface area (Å²) >= 11 is 1.84. The van der Waals surface area contributed by atoms with Gasteiger partial charge in [-0.05, 0) is 32.0 Å². The molecule has 21 heavy (non-hydrogen) atoms. The second-order valence-corrected chi connectivity index (χ2v) is 9.54. The average Bonchev–Trinajstić information content (AvgIpc) is 2.44. The quantitative estimate of drug-likeness (QED) is 0.901. The third-order valence-electron chi connectivity index (χ3n) is 3.55. The molecule has 4 nitrogen and oxygen atoms in total. The highest BCUT2D eigenvalue weighted by atomic mass is 32.2. The first-order valence-electron chi connectivity index (χ1n) is 7.29. The Morgan fingerprint density at radius 1 is 1.33 bits per heavy atom. The zero-order valence-corrected chi connectivity index (χ0v) is 14.6. The van der Waals surface area contributed by atoms with Crippen LogP contribution in [-0.2, 0) is 16.6 Å². The van der Waals surface area contributed by atoms with Gasteiger partial charge in [-0.1, -0.05) is 25.1 Å². The lowest BCUT2D eigenvalue weighted by Gasteiger charge is -2.36. The lowest BCUT2D eigenvalue weighted by molar-refractivity contribution is 0.387. The topological polar surface area (TPSA) is 49.4 Å². The van der Waals surface area contributed by atoms with Crippen LogP contribution in [0.15, 0.2) is 29.2 Å². The summed E-state index contributed by atoms with van der Waals surface area (Å²) in [6, 6.07) is 7.30. The van der Waals surface area contributed by atoms with E-state index in [4.69, 9.17) is 0 Å². The summed E-state index contributed by atoms with van der Waals surface area (Å²) in [5, 5.41) is 3.21. The predicted molar refractivity (Wildman–Crippen MR) is 89.1 cm³/mol. The van der Waals surface area contributed by atoms with Crippen LogP contribution in [0.2, 0.25) is 0 Å². The number of hydrogen-bond donors (Lipinski definition) is 1. The maximum Gasteiger partial charge on any atom is 0.243 e. The Kier molecular flexibility index (Phi) is 5.35. The van der Waals surface area contributed by atoms with Crippen molar-refractivity contribution in [3.8, 4) is 0 Å². The van der Waals surface area contributed by atoms with Crippen LogP contribution in [0.1, 0.15) is 26.3 Å². The second-order valence-electron chi connectivity index (χ2n) is 5.83. The molecule has 0 atom stereocenters. The van der Waals surface area contributed by atoms with Crippen molar-refractivity contribution >= 4 is 21.8 Å². The van der Waals surface area contributed by atoms with Gasteiger partial charge in [-0.25, -0.2) is 8.42 Å². The van der Waals surface area contributed by atoms with E-state index in [9.17, 15) is 8.42 Å². The fraction of sp³-hybridized carbons (Fsp3) is 0.600. The molecule has 0 bridgehead atoms. The maximum absolute atomic E-state index is 12.9. The second kappa shape index (κ2) is 6.69. The Hall–Kier alpha value is -0.560. The van der Waals surface area contributed by atoms with Crippen LogP contribution in [0.5, 0.6) is 0 Å². The van der Waals surface area contributed by atoms with Crippen molar-refractivity contribution in [2.75, 3.05) is 25.4 Å². The fourth-order valence-corrected chi connectivity index (χ4v) is 5.61. The van der Waals surface area contributed by atoms with Crippen LogP contribution in [-0.4, -0.2) is 42.9 Å². The lowest BCUT2D eigenvalue weighted by atomic mass is 10.2. The Balaban J connectivity index is 2.31. The number of sulfonamides is 1. The summed E-state index contributed by atoms with van der Waals surface area (Å²) < 4.78 is 27.5. The van der Waals surface area contributed by atoms with Gasteiger partial charge >= 0.3 is 0 Å². The van der Waals surface area contributed by atoms with Crippen molar-refractivity contribution in [2.24, 2.45) is 0 Å². The third kappa shape index (κ3) is 4.00. The van der Waals surface area contributed by atoms with E-state index in [1.165, 1.54) is 0 Å². The molecular formula is C15H24N2O2S2. The SMILES string of the molecule is CCNCc1ccccc1S(=O)(=O)N1CCSC(C)(C)C1. The molecule has 1 heterocycles. The minimum absolute atomic E-state index is 0.0259. The van der Waals surface area contributed by atoms with Crippen LogP contribution < -0.4 is 5.32 Å². The molecule has 118 valence electrons. The summed E-state index contributed by atoms with van der Waals surface area (Å²) in [7, 11) is -3.41. The van der Waals surface area contributed by atoms with Crippen molar-refractivity contribution in [1.29, 1.82) is 0 Å². The van der Waals surface area contributed by atoms with Crippen molar-refractivity contribution in [3.05, 3.63) is 29.8 Å². The van der Waals surface area contributed by atoms with Crippen LogP contribution in [0.25, 0.3) is 0 Å². The van der Waals surface area contributed by atoms with Crippen LogP contribution in [0.4, 0.5) is 0 Å². The molecule has 1 fully saturated rings. The molecule has 1 saturated heterocycles. The zero-order valence-electron chi connectivity index (χ0n) is 12.9.